The van der Waals surface area contributed by atoms with Gasteiger partial charge in [0, 0.05) is 7.11 Å². The zero-order valence-electron chi connectivity index (χ0n) is 7.42. The molecule has 14 heavy (non-hydrogen) atoms. The number of carbonyl (C=O) groups is 1. The van der Waals surface area contributed by atoms with E-state index in [1.807, 2.05) is 0 Å². The summed E-state index contributed by atoms with van der Waals surface area (Å²) >= 11 is 5.58. The molecule has 0 aliphatic carbocycles. The Bertz CT molecular complexity index is 341. The maximum atomic E-state index is 13.4. The smallest absolute Gasteiger partial charge is 0.188 e. The molecule has 0 N–H and O–H groups in total. The van der Waals surface area contributed by atoms with Crippen molar-refractivity contribution in [2.45, 2.75) is 0 Å². The van der Waals surface area contributed by atoms with Gasteiger partial charge in [0.15, 0.2) is 24.6 Å². The summed E-state index contributed by atoms with van der Waals surface area (Å²) in [5, 5.41) is 0.0577. The molecule has 0 heterocycles. The molecular weight excluding hydrogens is 211 g/mol. The Hall–Kier alpha value is -1.13. The third kappa shape index (κ3) is 2.21. The first kappa shape index (κ1) is 10.9. The Morgan fingerprint density at radius 3 is 2.86 bits per heavy atom. The van der Waals surface area contributed by atoms with Crippen LogP contribution >= 0.6 is 11.6 Å². The van der Waals surface area contributed by atoms with Crippen LogP contribution in [0.5, 0.6) is 5.75 Å². The van der Waals surface area contributed by atoms with E-state index in [1.165, 1.54) is 19.2 Å². The van der Waals surface area contributed by atoms with Crippen LogP contribution in [0, 0.1) is 5.82 Å². The summed E-state index contributed by atoms with van der Waals surface area (Å²) in [5.74, 6) is -0.831. The van der Waals surface area contributed by atoms with Crippen molar-refractivity contribution in [3.8, 4) is 5.75 Å². The summed E-state index contributed by atoms with van der Waals surface area (Å²) in [5.41, 5.74) is -0.208. The quantitative estimate of drug-likeness (QED) is 0.575. The van der Waals surface area contributed by atoms with E-state index >= 15 is 0 Å². The molecule has 0 aliphatic rings. The molecule has 0 saturated heterocycles. The van der Waals surface area contributed by atoms with Crippen molar-refractivity contribution in [3.05, 3.63) is 28.5 Å². The van der Waals surface area contributed by atoms with Crippen molar-refractivity contribution in [2.75, 3.05) is 13.9 Å². The number of rotatable bonds is 4. The number of carbonyl (C=O) groups excluding carboxylic acids is 1. The van der Waals surface area contributed by atoms with Crippen LogP contribution in [-0.4, -0.2) is 20.2 Å². The van der Waals surface area contributed by atoms with E-state index < -0.39 is 5.82 Å². The Labute approximate surface area is 85.4 Å². The van der Waals surface area contributed by atoms with Crippen LogP contribution in [0.2, 0.25) is 5.02 Å². The first-order valence-electron chi connectivity index (χ1n) is 3.75. The highest BCUT2D eigenvalue weighted by molar-refractivity contribution is 6.33. The lowest BCUT2D eigenvalue weighted by molar-refractivity contribution is 0.0481. The van der Waals surface area contributed by atoms with Crippen LogP contribution in [0.4, 0.5) is 4.39 Å². The Kier molecular flexibility index (Phi) is 3.85. The maximum absolute atomic E-state index is 13.4. The molecule has 1 rings (SSSR count). The largest absolute Gasteiger partial charge is 0.464 e. The highest BCUT2D eigenvalue weighted by atomic mass is 35.5. The lowest BCUT2D eigenvalue weighted by Gasteiger charge is -2.07. The molecule has 0 atom stereocenters. The standard InChI is InChI=1S/C9H8ClFO3/c1-13-5-14-8-3-2-7(10)6(4-12)9(8)11/h2-4H,5H2,1H3. The molecule has 0 aliphatic heterocycles. The number of ether oxygens (including phenoxy) is 2. The number of halogens is 2. The molecule has 5 heteroatoms. The van der Waals surface area contributed by atoms with E-state index in [1.54, 1.807) is 0 Å². The third-order valence-corrected chi connectivity index (χ3v) is 1.87. The molecule has 76 valence electrons. The molecule has 1 aromatic rings. The molecular formula is C9H8ClFO3. The van der Waals surface area contributed by atoms with Crippen molar-refractivity contribution in [1.82, 2.24) is 0 Å². The zero-order chi connectivity index (χ0) is 10.6. The van der Waals surface area contributed by atoms with Crippen molar-refractivity contribution >= 4 is 17.9 Å². The lowest BCUT2D eigenvalue weighted by atomic mass is 10.2. The maximum Gasteiger partial charge on any atom is 0.188 e. The second-order valence-corrected chi connectivity index (χ2v) is 2.85. The SMILES string of the molecule is COCOc1ccc(Cl)c(C=O)c1F. The van der Waals surface area contributed by atoms with E-state index in [9.17, 15) is 9.18 Å². The summed E-state index contributed by atoms with van der Waals surface area (Å²) < 4.78 is 22.8. The summed E-state index contributed by atoms with van der Waals surface area (Å²) in [4.78, 5) is 10.5. The number of methoxy groups -OCH3 is 1. The zero-order valence-corrected chi connectivity index (χ0v) is 8.18. The van der Waals surface area contributed by atoms with Crippen LogP contribution in [-0.2, 0) is 4.74 Å². The van der Waals surface area contributed by atoms with E-state index in [0.717, 1.165) is 0 Å². The van der Waals surface area contributed by atoms with Crippen molar-refractivity contribution in [2.24, 2.45) is 0 Å². The summed E-state index contributed by atoms with van der Waals surface area (Å²) in [6.45, 7) is -0.0865. The van der Waals surface area contributed by atoms with Gasteiger partial charge in [0.1, 0.15) is 0 Å². The Morgan fingerprint density at radius 1 is 1.57 bits per heavy atom. The van der Waals surface area contributed by atoms with Crippen molar-refractivity contribution < 1.29 is 18.7 Å². The highest BCUT2D eigenvalue weighted by Gasteiger charge is 2.12. The van der Waals surface area contributed by atoms with Gasteiger partial charge < -0.3 is 9.47 Å². The predicted molar refractivity (Wildman–Crippen MR) is 49.3 cm³/mol. The number of hydrogen-bond acceptors (Lipinski definition) is 3. The highest BCUT2D eigenvalue weighted by Crippen LogP contribution is 2.25. The molecule has 0 unspecified atom stereocenters. The van der Waals surface area contributed by atoms with E-state index in [4.69, 9.17) is 16.3 Å². The van der Waals surface area contributed by atoms with Gasteiger partial charge >= 0.3 is 0 Å². The topological polar surface area (TPSA) is 35.5 Å². The van der Waals surface area contributed by atoms with Gasteiger partial charge in [-0.15, -0.1) is 0 Å². The molecule has 0 amide bonds. The monoisotopic (exact) mass is 218 g/mol. The fourth-order valence-electron chi connectivity index (χ4n) is 0.891. The molecule has 0 radical (unpaired) electrons. The molecule has 0 bridgehead atoms. The van der Waals surface area contributed by atoms with Gasteiger partial charge in [-0.05, 0) is 12.1 Å². The van der Waals surface area contributed by atoms with Crippen LogP contribution < -0.4 is 4.74 Å². The van der Waals surface area contributed by atoms with Gasteiger partial charge in [-0.25, -0.2) is 4.39 Å². The minimum atomic E-state index is -0.774. The fourth-order valence-corrected chi connectivity index (χ4v) is 1.08. The summed E-state index contributed by atoms with van der Waals surface area (Å²) in [7, 11) is 1.41. The van der Waals surface area contributed by atoms with Gasteiger partial charge in [-0.3, -0.25) is 4.79 Å². The minimum Gasteiger partial charge on any atom is -0.464 e. The van der Waals surface area contributed by atoms with Crippen LogP contribution in [0.15, 0.2) is 12.1 Å². The van der Waals surface area contributed by atoms with Crippen LogP contribution in [0.3, 0.4) is 0 Å². The Balaban J connectivity index is 3.02. The number of hydrogen-bond donors (Lipinski definition) is 0. The summed E-state index contributed by atoms with van der Waals surface area (Å²) in [6.07, 6.45) is 0.345. The molecule has 0 spiro atoms. The lowest BCUT2D eigenvalue weighted by Crippen LogP contribution is -2.02. The van der Waals surface area contributed by atoms with Gasteiger partial charge in [0.25, 0.3) is 0 Å². The molecule has 0 aromatic heterocycles. The van der Waals surface area contributed by atoms with Crippen LogP contribution in [0.25, 0.3) is 0 Å². The minimum absolute atomic E-state index is 0.0571. The molecule has 3 nitrogen and oxygen atoms in total. The molecule has 0 saturated carbocycles. The van der Waals surface area contributed by atoms with E-state index in [0.29, 0.717) is 6.29 Å². The number of aldehydes is 1. The van der Waals surface area contributed by atoms with E-state index in [2.05, 4.69) is 4.74 Å². The summed E-state index contributed by atoms with van der Waals surface area (Å²) in [6, 6.07) is 2.73. The van der Waals surface area contributed by atoms with Crippen molar-refractivity contribution in [1.29, 1.82) is 0 Å². The van der Waals surface area contributed by atoms with Crippen molar-refractivity contribution in [3.63, 3.8) is 0 Å². The predicted octanol–water partition coefficient (Wildman–Crippen LogP) is 2.27. The van der Waals surface area contributed by atoms with Gasteiger partial charge in [-0.1, -0.05) is 11.6 Å². The average Bonchev–Trinajstić information content (AvgIpc) is 2.18. The second-order valence-electron chi connectivity index (χ2n) is 2.44. The first-order chi connectivity index (χ1) is 6.70. The van der Waals surface area contributed by atoms with Gasteiger partial charge in [0.05, 0.1) is 10.6 Å². The van der Waals surface area contributed by atoms with E-state index in [-0.39, 0.29) is 23.1 Å². The Morgan fingerprint density at radius 2 is 2.29 bits per heavy atom. The number of benzene rings is 1. The fraction of sp³-hybridized carbons (Fsp3) is 0.222. The first-order valence-corrected chi connectivity index (χ1v) is 4.13. The normalized spacial score (nSPS) is 9.93. The average molecular weight is 219 g/mol. The van der Waals surface area contributed by atoms with Gasteiger partial charge in [0.2, 0.25) is 0 Å². The van der Waals surface area contributed by atoms with Gasteiger partial charge in [-0.2, -0.15) is 0 Å². The molecule has 1 aromatic carbocycles. The second kappa shape index (κ2) is 4.93. The third-order valence-electron chi connectivity index (χ3n) is 1.54. The van der Waals surface area contributed by atoms with Crippen LogP contribution in [0.1, 0.15) is 10.4 Å². The molecule has 0 fully saturated rings.